The Kier molecular flexibility index (Phi) is 4.02. The lowest BCUT2D eigenvalue weighted by atomic mass is 10.1. The molecule has 0 spiro atoms. The maximum atomic E-state index is 12.6. The smallest absolute Gasteiger partial charge is 0.283 e. The van der Waals surface area contributed by atoms with Crippen LogP contribution in [-0.2, 0) is 11.9 Å². The van der Waals surface area contributed by atoms with Crippen molar-refractivity contribution >= 4 is 27.2 Å². The second-order valence-electron chi connectivity index (χ2n) is 5.34. The number of aliphatic imine (C=N–C) groups is 1. The molecule has 1 unspecified atom stereocenters. The maximum absolute atomic E-state index is 12.6. The van der Waals surface area contributed by atoms with Crippen molar-refractivity contribution < 1.29 is 18.0 Å². The molecule has 120 valence electrons. The minimum Gasteiger partial charge on any atom is -0.283 e. The third-order valence-corrected chi connectivity index (χ3v) is 5.54. The fraction of sp³-hybridized carbons (Fsp3) is 0.176. The summed E-state index contributed by atoms with van der Waals surface area (Å²) in [5, 5.41) is 0.0306. The Labute approximate surface area is 134 Å². The van der Waals surface area contributed by atoms with Crippen molar-refractivity contribution in [3.63, 3.8) is 0 Å². The minimum atomic E-state index is -4.35. The van der Waals surface area contributed by atoms with E-state index in [2.05, 4.69) is 4.99 Å². The summed E-state index contributed by atoms with van der Waals surface area (Å²) in [5.74, 6) is 0.406. The Morgan fingerprint density at radius 3 is 2.43 bits per heavy atom. The van der Waals surface area contributed by atoms with E-state index in [1.54, 1.807) is 11.6 Å². The lowest BCUT2D eigenvalue weighted by molar-refractivity contribution is -0.137. The van der Waals surface area contributed by atoms with Gasteiger partial charge >= 0.3 is 6.18 Å². The normalized spacial score (nSPS) is 18.8. The van der Waals surface area contributed by atoms with Crippen molar-refractivity contribution in [1.82, 2.24) is 0 Å². The van der Waals surface area contributed by atoms with Crippen molar-refractivity contribution in [2.75, 3.05) is 0 Å². The number of nitrogens with zero attached hydrogens (tertiary/aromatic N) is 1. The Hall–Kier alpha value is -2.08. The largest absolute Gasteiger partial charge is 0.416 e. The summed E-state index contributed by atoms with van der Waals surface area (Å²) < 4.78 is 37.7. The zero-order chi connectivity index (χ0) is 16.6. The number of hydrogen-bond acceptors (Lipinski definition) is 2. The molecule has 0 radical (unpaired) electrons. The minimum absolute atomic E-state index is 0.0306. The second kappa shape index (κ2) is 5.85. The lowest BCUT2D eigenvalue weighted by Gasteiger charge is -2.22. The molecule has 2 aromatic rings. The summed E-state index contributed by atoms with van der Waals surface area (Å²) in [6.45, 7) is 1.86. The predicted molar refractivity (Wildman–Crippen MR) is 87.8 cm³/mol. The average molecular weight is 337 g/mol. The van der Waals surface area contributed by atoms with Crippen LogP contribution in [0.1, 0.15) is 27.0 Å². The van der Waals surface area contributed by atoms with Gasteiger partial charge in [-0.1, -0.05) is 24.3 Å². The fourth-order valence-electron chi connectivity index (χ4n) is 2.47. The van der Waals surface area contributed by atoms with Gasteiger partial charge < -0.3 is 0 Å². The molecule has 23 heavy (non-hydrogen) atoms. The van der Waals surface area contributed by atoms with Crippen LogP contribution in [0.25, 0.3) is 0 Å². The molecule has 0 saturated heterocycles. The van der Waals surface area contributed by atoms with Crippen LogP contribution in [0.3, 0.4) is 0 Å². The zero-order valence-electron chi connectivity index (χ0n) is 12.3. The van der Waals surface area contributed by atoms with E-state index in [0.717, 1.165) is 17.7 Å². The highest BCUT2D eigenvalue weighted by molar-refractivity contribution is 8.39. The van der Waals surface area contributed by atoms with Gasteiger partial charge in [-0.3, -0.25) is 9.79 Å². The Morgan fingerprint density at radius 2 is 1.78 bits per heavy atom. The molecule has 2 aromatic carbocycles. The van der Waals surface area contributed by atoms with E-state index in [1.807, 2.05) is 19.1 Å². The third kappa shape index (κ3) is 3.17. The first-order valence-corrected chi connectivity index (χ1v) is 8.57. The van der Waals surface area contributed by atoms with Crippen LogP contribution in [0.15, 0.2) is 47.5 Å². The highest BCUT2D eigenvalue weighted by atomic mass is 32.2. The van der Waals surface area contributed by atoms with Crippen molar-refractivity contribution in [3.05, 3.63) is 64.7 Å². The number of aryl methyl sites for hydroxylation is 1. The molecule has 0 N–H and O–H groups in total. The Bertz CT molecular complexity index is 781. The van der Waals surface area contributed by atoms with Gasteiger partial charge in [0.25, 0.3) is 0 Å². The molecule has 1 aliphatic heterocycles. The van der Waals surface area contributed by atoms with Crippen LogP contribution in [0.2, 0.25) is 0 Å². The number of carbonyl (C=O) groups excluding carboxylic acids is 1. The van der Waals surface area contributed by atoms with Crippen LogP contribution in [-0.4, -0.2) is 10.7 Å². The summed E-state index contributed by atoms with van der Waals surface area (Å²) in [6.07, 6.45) is -4.35. The van der Waals surface area contributed by atoms with E-state index < -0.39 is 22.6 Å². The fourth-order valence-corrected chi connectivity index (χ4v) is 4.25. The van der Waals surface area contributed by atoms with E-state index in [4.69, 9.17) is 0 Å². The lowest BCUT2D eigenvalue weighted by Crippen LogP contribution is -2.10. The molecule has 0 fully saturated rings. The summed E-state index contributed by atoms with van der Waals surface area (Å²) in [5.41, 5.74) is 3.86. The molecule has 0 aliphatic carbocycles. The number of thiol groups is 1. The van der Waals surface area contributed by atoms with Crippen molar-refractivity contribution in [2.45, 2.75) is 18.9 Å². The third-order valence-electron chi connectivity index (χ3n) is 3.70. The maximum Gasteiger partial charge on any atom is 0.416 e. The summed E-state index contributed by atoms with van der Waals surface area (Å²) in [6, 6.07) is 10.5. The number of fused-ring (bicyclic) bond motifs is 1. The van der Waals surface area contributed by atoms with Gasteiger partial charge in [0.05, 0.1) is 16.8 Å². The molecule has 0 aromatic heterocycles. The summed E-state index contributed by atoms with van der Waals surface area (Å²) >= 11 is 0. The number of halogens is 3. The number of alkyl halides is 3. The van der Waals surface area contributed by atoms with Crippen LogP contribution < -0.4 is 0 Å². The van der Waals surface area contributed by atoms with E-state index >= 15 is 0 Å². The van der Waals surface area contributed by atoms with Gasteiger partial charge in [0.2, 0.25) is 5.12 Å². The van der Waals surface area contributed by atoms with Gasteiger partial charge in [-0.15, -0.1) is 10.9 Å². The molecular weight excluding hydrogens is 323 g/mol. The highest BCUT2D eigenvalue weighted by Gasteiger charge is 2.30. The van der Waals surface area contributed by atoms with E-state index in [9.17, 15) is 18.0 Å². The molecule has 3 rings (SSSR count). The van der Waals surface area contributed by atoms with Gasteiger partial charge in [0.1, 0.15) is 0 Å². The Morgan fingerprint density at radius 1 is 1.09 bits per heavy atom. The number of hydrogen-bond donors (Lipinski definition) is 1. The molecule has 0 saturated carbocycles. The molecular formula is C17H14F3NOS. The van der Waals surface area contributed by atoms with Crippen LogP contribution in [0.5, 0.6) is 0 Å². The van der Waals surface area contributed by atoms with Crippen molar-refractivity contribution in [2.24, 2.45) is 4.99 Å². The summed E-state index contributed by atoms with van der Waals surface area (Å²) in [4.78, 5) is 17.0. The first-order valence-electron chi connectivity index (χ1n) is 6.97. The first kappa shape index (κ1) is 15.8. The van der Waals surface area contributed by atoms with Crippen molar-refractivity contribution in [3.8, 4) is 0 Å². The zero-order valence-corrected chi connectivity index (χ0v) is 13.2. The van der Waals surface area contributed by atoms with Gasteiger partial charge in [0, 0.05) is 11.3 Å². The van der Waals surface area contributed by atoms with Crippen LogP contribution in [0, 0.1) is 6.92 Å². The SMILES string of the molecule is Cc1cccc2c1C(=O)[SH](Cc1ccc(C(F)(F)F)cc1)C=N2. The monoisotopic (exact) mass is 337 g/mol. The van der Waals surface area contributed by atoms with Gasteiger partial charge in [-0.25, -0.2) is 0 Å². The van der Waals surface area contributed by atoms with Gasteiger partial charge in [-0.05, 0) is 36.2 Å². The van der Waals surface area contributed by atoms with Gasteiger partial charge in [0.15, 0.2) is 0 Å². The molecule has 2 nitrogen and oxygen atoms in total. The topological polar surface area (TPSA) is 29.4 Å². The first-order chi connectivity index (χ1) is 10.9. The predicted octanol–water partition coefficient (Wildman–Crippen LogP) is 5.03. The number of carbonyl (C=O) groups is 1. The molecule has 1 atom stereocenters. The van der Waals surface area contributed by atoms with E-state index in [0.29, 0.717) is 22.6 Å². The second-order valence-corrected chi connectivity index (χ2v) is 7.23. The quantitative estimate of drug-likeness (QED) is 0.765. The standard InChI is InChI=1S/C17H14F3NOS/c1-11-3-2-4-14-15(11)16(22)23(10-21-14)9-12-5-7-13(8-6-12)17(18,19)20/h2-8,10,23H,9H2,1H3. The van der Waals surface area contributed by atoms with E-state index in [-0.39, 0.29) is 5.12 Å². The molecule has 1 aliphatic rings. The average Bonchev–Trinajstić information content (AvgIpc) is 2.50. The van der Waals surface area contributed by atoms with Crippen LogP contribution >= 0.6 is 10.9 Å². The summed E-state index contributed by atoms with van der Waals surface area (Å²) in [7, 11) is -1.16. The molecule has 6 heteroatoms. The van der Waals surface area contributed by atoms with E-state index in [1.165, 1.54) is 12.1 Å². The number of rotatable bonds is 2. The highest BCUT2D eigenvalue weighted by Crippen LogP contribution is 2.41. The Balaban J connectivity index is 1.82. The van der Waals surface area contributed by atoms with Crippen LogP contribution in [0.4, 0.5) is 18.9 Å². The molecule has 0 bridgehead atoms. The van der Waals surface area contributed by atoms with Gasteiger partial charge in [-0.2, -0.15) is 13.2 Å². The number of benzene rings is 2. The molecule has 1 heterocycles. The molecule has 0 amide bonds. The van der Waals surface area contributed by atoms with Crippen molar-refractivity contribution in [1.29, 1.82) is 0 Å².